The minimum Gasteiger partial charge on any atom is -0.366 e. The molecular formula is C20H21N5O2S. The Kier molecular flexibility index (Phi) is 4.97. The van der Waals surface area contributed by atoms with Gasteiger partial charge in [-0.3, -0.25) is 0 Å². The lowest BCUT2D eigenvalue weighted by Crippen LogP contribution is -2.12. The quantitative estimate of drug-likeness (QED) is 0.592. The molecule has 4 N–H and O–H groups in total. The molecule has 0 saturated carbocycles. The number of benzene rings is 2. The van der Waals surface area contributed by atoms with Crippen LogP contribution in [-0.2, 0) is 29.4 Å². The third-order valence-electron chi connectivity index (χ3n) is 4.74. The number of anilines is 3. The van der Waals surface area contributed by atoms with Crippen molar-refractivity contribution >= 4 is 27.3 Å². The van der Waals surface area contributed by atoms with E-state index in [1.807, 2.05) is 12.1 Å². The van der Waals surface area contributed by atoms with Crippen LogP contribution >= 0.6 is 0 Å². The van der Waals surface area contributed by atoms with Gasteiger partial charge in [-0.15, -0.1) is 0 Å². The van der Waals surface area contributed by atoms with Crippen molar-refractivity contribution in [2.45, 2.75) is 30.7 Å². The van der Waals surface area contributed by atoms with Gasteiger partial charge in [0.05, 0.1) is 4.90 Å². The number of hydrogen-bond acceptors (Lipinski definition) is 6. The third kappa shape index (κ3) is 4.29. The first-order chi connectivity index (χ1) is 13.5. The number of nitrogens with zero attached hydrogens (tertiary/aromatic N) is 2. The smallest absolute Gasteiger partial charge is 0.238 e. The topological polar surface area (TPSA) is 110 Å². The fraction of sp³-hybridized carbons (Fsp3) is 0.200. The van der Waals surface area contributed by atoms with Crippen molar-refractivity contribution < 1.29 is 8.42 Å². The molecule has 8 heteroatoms. The maximum Gasteiger partial charge on any atom is 0.238 e. The lowest BCUT2D eigenvalue weighted by molar-refractivity contribution is 0.597. The van der Waals surface area contributed by atoms with Gasteiger partial charge in [0.15, 0.2) is 0 Å². The average Bonchev–Trinajstić information content (AvgIpc) is 3.14. The number of nitrogens with one attached hydrogen (secondary N) is 2. The number of nitrogens with two attached hydrogens (primary N) is 1. The molecule has 7 nitrogen and oxygen atoms in total. The van der Waals surface area contributed by atoms with Crippen LogP contribution < -0.4 is 15.8 Å². The molecular weight excluding hydrogens is 374 g/mol. The molecule has 0 atom stereocenters. The molecule has 1 aliphatic rings. The van der Waals surface area contributed by atoms with Gasteiger partial charge in [0.2, 0.25) is 10.0 Å². The Bertz CT molecular complexity index is 1120. The van der Waals surface area contributed by atoms with Crippen LogP contribution in [0.3, 0.4) is 0 Å². The molecule has 0 unspecified atom stereocenters. The molecule has 1 heterocycles. The van der Waals surface area contributed by atoms with E-state index in [4.69, 9.17) is 5.14 Å². The van der Waals surface area contributed by atoms with Gasteiger partial charge >= 0.3 is 0 Å². The van der Waals surface area contributed by atoms with Gasteiger partial charge in [0.25, 0.3) is 0 Å². The fourth-order valence-corrected chi connectivity index (χ4v) is 3.93. The van der Waals surface area contributed by atoms with Crippen LogP contribution in [0.15, 0.2) is 59.8 Å². The summed E-state index contributed by atoms with van der Waals surface area (Å²) in [6, 6.07) is 14.7. The summed E-state index contributed by atoms with van der Waals surface area (Å²) >= 11 is 0. The van der Waals surface area contributed by atoms with E-state index in [0.717, 1.165) is 24.1 Å². The van der Waals surface area contributed by atoms with E-state index in [2.05, 4.69) is 38.8 Å². The van der Waals surface area contributed by atoms with Crippen LogP contribution in [0.5, 0.6) is 0 Å². The monoisotopic (exact) mass is 395 g/mol. The van der Waals surface area contributed by atoms with Gasteiger partial charge in [-0.25, -0.2) is 23.5 Å². The fourth-order valence-electron chi connectivity index (χ4n) is 3.34. The number of aromatic nitrogens is 2. The highest BCUT2D eigenvalue weighted by Gasteiger charge is 2.11. The van der Waals surface area contributed by atoms with Gasteiger partial charge in [0.1, 0.15) is 18.0 Å². The van der Waals surface area contributed by atoms with Gasteiger partial charge in [0, 0.05) is 18.3 Å². The Labute approximate surface area is 164 Å². The molecule has 28 heavy (non-hydrogen) atoms. The highest BCUT2D eigenvalue weighted by molar-refractivity contribution is 7.89. The second-order valence-corrected chi connectivity index (χ2v) is 8.36. The predicted molar refractivity (Wildman–Crippen MR) is 109 cm³/mol. The van der Waals surface area contributed by atoms with E-state index in [1.54, 1.807) is 12.1 Å². The highest BCUT2D eigenvalue weighted by atomic mass is 32.2. The normalized spacial score (nSPS) is 13.2. The first kappa shape index (κ1) is 18.4. The van der Waals surface area contributed by atoms with Crippen LogP contribution in [-0.4, -0.2) is 18.4 Å². The molecule has 0 spiro atoms. The Hall–Kier alpha value is -2.97. The van der Waals surface area contributed by atoms with Gasteiger partial charge in [-0.05, 0) is 60.2 Å². The maximum absolute atomic E-state index is 11.5. The standard InChI is InChI=1S/C20H21N5O2S/c21-28(26,27)18-6-1-3-14(9-18)12-22-19-11-20(24-13-23-19)25-17-8-7-15-4-2-5-16(15)10-17/h1,3,6-11,13H,2,4-5,12H2,(H2,21,26,27)(H2,22,23,24,25). The summed E-state index contributed by atoms with van der Waals surface area (Å²) in [6.45, 7) is 0.415. The van der Waals surface area contributed by atoms with Gasteiger partial charge in [-0.2, -0.15) is 0 Å². The zero-order chi connectivity index (χ0) is 19.6. The van der Waals surface area contributed by atoms with Crippen LogP contribution in [0.25, 0.3) is 0 Å². The highest BCUT2D eigenvalue weighted by Crippen LogP contribution is 2.26. The number of sulfonamides is 1. The summed E-state index contributed by atoms with van der Waals surface area (Å²) in [5.41, 5.74) is 4.62. The molecule has 1 aromatic heterocycles. The SMILES string of the molecule is NS(=O)(=O)c1cccc(CNc2cc(Nc3ccc4c(c3)CCC4)ncn2)c1. The lowest BCUT2D eigenvalue weighted by Gasteiger charge is -2.10. The molecule has 144 valence electrons. The van der Waals surface area contributed by atoms with Crippen molar-refractivity contribution in [3.05, 3.63) is 71.5 Å². The summed E-state index contributed by atoms with van der Waals surface area (Å²) in [6.07, 6.45) is 4.98. The van der Waals surface area contributed by atoms with E-state index in [0.29, 0.717) is 18.2 Å². The average molecular weight is 395 g/mol. The van der Waals surface area contributed by atoms with E-state index in [9.17, 15) is 8.42 Å². The molecule has 0 radical (unpaired) electrons. The molecule has 0 bridgehead atoms. The Balaban J connectivity index is 1.44. The molecule has 0 saturated heterocycles. The van der Waals surface area contributed by atoms with Crippen molar-refractivity contribution in [3.8, 4) is 0 Å². The molecule has 3 aromatic rings. The van der Waals surface area contributed by atoms with Crippen molar-refractivity contribution in [3.63, 3.8) is 0 Å². The largest absolute Gasteiger partial charge is 0.366 e. The van der Waals surface area contributed by atoms with E-state index in [-0.39, 0.29) is 4.90 Å². The second kappa shape index (κ2) is 7.57. The van der Waals surface area contributed by atoms with Gasteiger partial charge in [-0.1, -0.05) is 18.2 Å². The Morgan fingerprint density at radius 2 is 1.79 bits per heavy atom. The predicted octanol–water partition coefficient (Wildman–Crippen LogP) is 2.97. The summed E-state index contributed by atoms with van der Waals surface area (Å²) in [5, 5.41) is 11.7. The first-order valence-electron chi connectivity index (χ1n) is 9.04. The van der Waals surface area contributed by atoms with Crippen molar-refractivity contribution in [1.82, 2.24) is 9.97 Å². The van der Waals surface area contributed by atoms with Crippen molar-refractivity contribution in [2.24, 2.45) is 5.14 Å². The summed E-state index contributed by atoms with van der Waals surface area (Å²) < 4.78 is 23.0. The molecule has 2 aromatic carbocycles. The minimum atomic E-state index is -3.72. The van der Waals surface area contributed by atoms with Crippen molar-refractivity contribution in [2.75, 3.05) is 10.6 Å². The van der Waals surface area contributed by atoms with E-state index < -0.39 is 10.0 Å². The molecule has 1 aliphatic carbocycles. The van der Waals surface area contributed by atoms with Crippen LogP contribution in [0, 0.1) is 0 Å². The number of fused-ring (bicyclic) bond motifs is 1. The maximum atomic E-state index is 11.5. The Morgan fingerprint density at radius 1 is 0.964 bits per heavy atom. The van der Waals surface area contributed by atoms with Crippen molar-refractivity contribution in [1.29, 1.82) is 0 Å². The second-order valence-electron chi connectivity index (χ2n) is 6.80. The zero-order valence-electron chi connectivity index (χ0n) is 15.2. The number of hydrogen-bond donors (Lipinski definition) is 3. The van der Waals surface area contributed by atoms with Crippen LogP contribution in [0.1, 0.15) is 23.1 Å². The first-order valence-corrected chi connectivity index (χ1v) is 10.6. The van der Waals surface area contributed by atoms with E-state index in [1.165, 1.54) is 29.9 Å². The third-order valence-corrected chi connectivity index (χ3v) is 5.65. The number of primary sulfonamides is 1. The zero-order valence-corrected chi connectivity index (χ0v) is 16.0. The van der Waals surface area contributed by atoms with Gasteiger partial charge < -0.3 is 10.6 Å². The van der Waals surface area contributed by atoms with Crippen LogP contribution in [0.2, 0.25) is 0 Å². The summed E-state index contributed by atoms with van der Waals surface area (Å²) in [5.74, 6) is 1.33. The molecule has 0 aliphatic heterocycles. The lowest BCUT2D eigenvalue weighted by atomic mass is 10.1. The van der Waals surface area contributed by atoms with E-state index >= 15 is 0 Å². The molecule has 4 rings (SSSR count). The van der Waals surface area contributed by atoms with Crippen LogP contribution in [0.4, 0.5) is 17.3 Å². The number of rotatable bonds is 6. The Morgan fingerprint density at radius 3 is 2.64 bits per heavy atom. The minimum absolute atomic E-state index is 0.0912. The molecule has 0 fully saturated rings. The summed E-state index contributed by atoms with van der Waals surface area (Å²) in [7, 11) is -3.72. The summed E-state index contributed by atoms with van der Waals surface area (Å²) in [4.78, 5) is 8.58. The number of aryl methyl sites for hydroxylation is 2. The molecule has 0 amide bonds.